The zero-order chi connectivity index (χ0) is 14.4. The molecule has 1 N–H and O–H groups in total. The molecule has 0 unspecified atom stereocenters. The average Bonchev–Trinajstić information content (AvgIpc) is 2.85. The number of aromatic nitrogens is 1. The van der Waals surface area contributed by atoms with Gasteiger partial charge in [0.25, 0.3) is 0 Å². The van der Waals surface area contributed by atoms with Gasteiger partial charge in [0.2, 0.25) is 0 Å². The fraction of sp³-hybridized carbons (Fsp3) is 0.812. The molecular weight excluding hydrogens is 266 g/mol. The Balaban J connectivity index is 1.74. The van der Waals surface area contributed by atoms with Crippen molar-refractivity contribution in [2.75, 3.05) is 13.6 Å². The van der Waals surface area contributed by atoms with Crippen molar-refractivity contribution >= 4 is 11.3 Å². The first-order valence-electron chi connectivity index (χ1n) is 7.98. The zero-order valence-corrected chi connectivity index (χ0v) is 14.0. The minimum Gasteiger partial charge on any atom is -0.308 e. The maximum Gasteiger partial charge on any atom is 0.107 e. The van der Waals surface area contributed by atoms with Crippen molar-refractivity contribution < 1.29 is 0 Å². The molecule has 0 aliphatic heterocycles. The van der Waals surface area contributed by atoms with Crippen molar-refractivity contribution in [2.24, 2.45) is 5.92 Å². The van der Waals surface area contributed by atoms with Crippen molar-refractivity contribution in [2.45, 2.75) is 65.1 Å². The normalized spacial score (nSPS) is 17.2. The minimum absolute atomic E-state index is 0.524. The lowest BCUT2D eigenvalue weighted by atomic mass is 9.89. The van der Waals surface area contributed by atoms with Crippen LogP contribution in [-0.4, -0.2) is 29.5 Å². The second-order valence-electron chi connectivity index (χ2n) is 6.47. The van der Waals surface area contributed by atoms with E-state index < -0.39 is 0 Å². The van der Waals surface area contributed by atoms with Gasteiger partial charge in [-0.05, 0) is 25.8 Å². The van der Waals surface area contributed by atoms with Crippen molar-refractivity contribution in [3.8, 4) is 0 Å². The standard InChI is InChI=1S/C16H29N3S/c1-13(2)17-9-16-18-15(12-20-16)11-19(3)10-14-7-5-4-6-8-14/h12-14,17H,4-11H2,1-3H3. The lowest BCUT2D eigenvalue weighted by molar-refractivity contribution is 0.226. The number of nitrogens with zero attached hydrogens (tertiary/aromatic N) is 2. The van der Waals surface area contributed by atoms with Gasteiger partial charge in [-0.15, -0.1) is 11.3 Å². The van der Waals surface area contributed by atoms with Crippen LogP contribution in [0, 0.1) is 5.92 Å². The Morgan fingerprint density at radius 3 is 2.80 bits per heavy atom. The molecule has 0 aromatic carbocycles. The van der Waals surface area contributed by atoms with Crippen molar-refractivity contribution in [1.29, 1.82) is 0 Å². The van der Waals surface area contributed by atoms with E-state index in [0.29, 0.717) is 6.04 Å². The molecule has 114 valence electrons. The molecule has 1 aromatic rings. The summed E-state index contributed by atoms with van der Waals surface area (Å²) < 4.78 is 0. The van der Waals surface area contributed by atoms with E-state index in [2.05, 4.69) is 36.5 Å². The Morgan fingerprint density at radius 2 is 2.10 bits per heavy atom. The van der Waals surface area contributed by atoms with Crippen LogP contribution in [0.2, 0.25) is 0 Å². The third-order valence-electron chi connectivity index (χ3n) is 3.99. The molecule has 0 atom stereocenters. The predicted octanol–water partition coefficient (Wildman–Crippen LogP) is 3.65. The van der Waals surface area contributed by atoms with Gasteiger partial charge in [-0.25, -0.2) is 4.98 Å². The summed E-state index contributed by atoms with van der Waals surface area (Å²) in [7, 11) is 2.24. The van der Waals surface area contributed by atoms with Gasteiger partial charge in [-0.1, -0.05) is 33.1 Å². The summed E-state index contributed by atoms with van der Waals surface area (Å²) in [6, 6.07) is 0.524. The van der Waals surface area contributed by atoms with Crippen LogP contribution in [0.4, 0.5) is 0 Å². The maximum absolute atomic E-state index is 4.73. The highest BCUT2D eigenvalue weighted by atomic mass is 32.1. The fourth-order valence-corrected chi connectivity index (χ4v) is 3.68. The quantitative estimate of drug-likeness (QED) is 0.832. The van der Waals surface area contributed by atoms with Crippen LogP contribution in [0.15, 0.2) is 5.38 Å². The number of nitrogens with one attached hydrogen (secondary N) is 1. The topological polar surface area (TPSA) is 28.2 Å². The molecule has 3 nitrogen and oxygen atoms in total. The lowest BCUT2D eigenvalue weighted by Gasteiger charge is -2.26. The van der Waals surface area contributed by atoms with Crippen LogP contribution >= 0.6 is 11.3 Å². The highest BCUT2D eigenvalue weighted by Crippen LogP contribution is 2.24. The second kappa shape index (κ2) is 8.11. The van der Waals surface area contributed by atoms with E-state index >= 15 is 0 Å². The highest BCUT2D eigenvalue weighted by Gasteiger charge is 2.16. The number of rotatable bonds is 7. The summed E-state index contributed by atoms with van der Waals surface area (Å²) in [5, 5.41) is 6.85. The third kappa shape index (κ3) is 5.51. The SMILES string of the molecule is CC(C)NCc1nc(CN(C)CC2CCCCC2)cs1. The van der Waals surface area contributed by atoms with E-state index in [4.69, 9.17) is 4.98 Å². The number of thiazole rings is 1. The van der Waals surface area contributed by atoms with E-state index in [-0.39, 0.29) is 0 Å². The first-order valence-corrected chi connectivity index (χ1v) is 8.86. The van der Waals surface area contributed by atoms with Crippen LogP contribution < -0.4 is 5.32 Å². The van der Waals surface area contributed by atoms with Crippen LogP contribution in [-0.2, 0) is 13.1 Å². The first kappa shape index (κ1) is 15.9. The molecule has 2 rings (SSSR count). The molecule has 1 aromatic heterocycles. The Bertz CT molecular complexity index is 383. The predicted molar refractivity (Wildman–Crippen MR) is 87.0 cm³/mol. The molecule has 20 heavy (non-hydrogen) atoms. The van der Waals surface area contributed by atoms with Gasteiger partial charge in [0.15, 0.2) is 0 Å². The maximum atomic E-state index is 4.73. The van der Waals surface area contributed by atoms with Crippen LogP contribution in [0.25, 0.3) is 0 Å². The van der Waals surface area contributed by atoms with Gasteiger partial charge >= 0.3 is 0 Å². The van der Waals surface area contributed by atoms with Crippen LogP contribution in [0.5, 0.6) is 0 Å². The number of hydrogen-bond donors (Lipinski definition) is 1. The lowest BCUT2D eigenvalue weighted by Crippen LogP contribution is -2.27. The molecule has 0 bridgehead atoms. The summed E-state index contributed by atoms with van der Waals surface area (Å²) in [6.07, 6.45) is 7.15. The van der Waals surface area contributed by atoms with Crippen LogP contribution in [0.1, 0.15) is 56.7 Å². The molecule has 0 amide bonds. The van der Waals surface area contributed by atoms with Crippen LogP contribution in [0.3, 0.4) is 0 Å². The van der Waals surface area contributed by atoms with E-state index in [1.807, 2.05) is 0 Å². The molecule has 0 radical (unpaired) electrons. The van der Waals surface area contributed by atoms with Gasteiger partial charge in [0.1, 0.15) is 5.01 Å². The molecular formula is C16H29N3S. The molecule has 1 fully saturated rings. The smallest absolute Gasteiger partial charge is 0.107 e. The molecule has 1 saturated carbocycles. The van der Waals surface area contributed by atoms with Gasteiger partial charge < -0.3 is 10.2 Å². The zero-order valence-electron chi connectivity index (χ0n) is 13.2. The van der Waals surface area contributed by atoms with Gasteiger partial charge in [-0.2, -0.15) is 0 Å². The Labute approximate surface area is 127 Å². The molecule has 0 spiro atoms. The first-order chi connectivity index (χ1) is 9.63. The van der Waals surface area contributed by atoms with Crippen molar-refractivity contribution in [3.63, 3.8) is 0 Å². The Hall–Kier alpha value is -0.450. The van der Waals surface area contributed by atoms with Gasteiger partial charge in [0, 0.05) is 31.1 Å². The van der Waals surface area contributed by atoms with E-state index in [9.17, 15) is 0 Å². The monoisotopic (exact) mass is 295 g/mol. The summed E-state index contributed by atoms with van der Waals surface area (Å²) in [4.78, 5) is 7.18. The summed E-state index contributed by atoms with van der Waals surface area (Å²) in [5.74, 6) is 0.912. The molecule has 4 heteroatoms. The molecule has 1 aliphatic rings. The van der Waals surface area contributed by atoms with Crippen molar-refractivity contribution in [1.82, 2.24) is 15.2 Å². The Morgan fingerprint density at radius 1 is 1.35 bits per heavy atom. The third-order valence-corrected chi connectivity index (χ3v) is 4.89. The fourth-order valence-electron chi connectivity index (χ4n) is 2.95. The summed E-state index contributed by atoms with van der Waals surface area (Å²) >= 11 is 1.78. The van der Waals surface area contributed by atoms with E-state index in [1.54, 1.807) is 11.3 Å². The number of hydrogen-bond acceptors (Lipinski definition) is 4. The second-order valence-corrected chi connectivity index (χ2v) is 7.41. The summed E-state index contributed by atoms with van der Waals surface area (Å²) in [5.41, 5.74) is 1.23. The molecule has 1 aliphatic carbocycles. The minimum atomic E-state index is 0.524. The summed E-state index contributed by atoms with van der Waals surface area (Å²) in [6.45, 7) is 7.47. The highest BCUT2D eigenvalue weighted by molar-refractivity contribution is 7.09. The van der Waals surface area contributed by atoms with E-state index in [0.717, 1.165) is 19.0 Å². The van der Waals surface area contributed by atoms with E-state index in [1.165, 1.54) is 49.4 Å². The molecule has 1 heterocycles. The van der Waals surface area contributed by atoms with Gasteiger partial charge in [-0.3, -0.25) is 0 Å². The molecule has 0 saturated heterocycles. The van der Waals surface area contributed by atoms with Gasteiger partial charge in [0.05, 0.1) is 5.69 Å². The average molecular weight is 295 g/mol. The Kier molecular flexibility index (Phi) is 6.46. The van der Waals surface area contributed by atoms with Crippen molar-refractivity contribution in [3.05, 3.63) is 16.1 Å². The largest absolute Gasteiger partial charge is 0.308 e.